The molecule has 4 atom stereocenters. The molecule has 2 heteroatoms. The molecule has 21 heavy (non-hydrogen) atoms. The van der Waals surface area contributed by atoms with E-state index in [-0.39, 0.29) is 5.82 Å². The van der Waals surface area contributed by atoms with Crippen molar-refractivity contribution in [3.63, 3.8) is 0 Å². The Bertz CT molecular complexity index is 441. The van der Waals surface area contributed by atoms with E-state index < -0.39 is 0 Å². The van der Waals surface area contributed by atoms with Crippen LogP contribution in [0.15, 0.2) is 24.3 Å². The van der Waals surface area contributed by atoms with Crippen LogP contribution in [0, 0.1) is 17.7 Å². The molecule has 116 valence electrons. The number of hydrogen-bond acceptors (Lipinski definition) is 1. The molecule has 1 N–H and O–H groups in total. The van der Waals surface area contributed by atoms with Gasteiger partial charge in [0, 0.05) is 12.1 Å². The Morgan fingerprint density at radius 3 is 2.52 bits per heavy atom. The lowest BCUT2D eigenvalue weighted by atomic mass is 9.69. The maximum absolute atomic E-state index is 12.9. The van der Waals surface area contributed by atoms with Gasteiger partial charge in [0.2, 0.25) is 0 Å². The molecule has 1 aromatic carbocycles. The van der Waals surface area contributed by atoms with Crippen molar-refractivity contribution in [1.82, 2.24) is 5.32 Å². The smallest absolute Gasteiger partial charge is 0.123 e. The molecule has 0 bridgehead atoms. The number of halogens is 1. The molecule has 0 saturated heterocycles. The molecule has 2 fully saturated rings. The maximum Gasteiger partial charge on any atom is 0.123 e. The molecule has 0 aliphatic heterocycles. The van der Waals surface area contributed by atoms with Crippen molar-refractivity contribution in [1.29, 1.82) is 0 Å². The molecule has 1 aromatic rings. The lowest BCUT2D eigenvalue weighted by Crippen LogP contribution is -2.43. The molecule has 0 spiro atoms. The third-order valence-corrected chi connectivity index (χ3v) is 5.52. The van der Waals surface area contributed by atoms with Gasteiger partial charge in [-0.2, -0.15) is 0 Å². The maximum atomic E-state index is 12.9. The third kappa shape index (κ3) is 4.06. The Kier molecular flexibility index (Phi) is 4.95. The molecule has 0 amide bonds. The van der Waals surface area contributed by atoms with Gasteiger partial charge in [0.15, 0.2) is 0 Å². The fourth-order valence-corrected chi connectivity index (χ4v) is 4.46. The van der Waals surface area contributed by atoms with Gasteiger partial charge in [-0.1, -0.05) is 37.8 Å². The second-order valence-corrected chi connectivity index (χ2v) is 7.21. The van der Waals surface area contributed by atoms with E-state index in [9.17, 15) is 4.39 Å². The zero-order valence-corrected chi connectivity index (χ0v) is 13.2. The van der Waals surface area contributed by atoms with Crippen LogP contribution >= 0.6 is 0 Å². The van der Waals surface area contributed by atoms with E-state index in [4.69, 9.17) is 0 Å². The van der Waals surface area contributed by atoms with Crippen molar-refractivity contribution < 1.29 is 4.39 Å². The van der Waals surface area contributed by atoms with Gasteiger partial charge in [0.05, 0.1) is 0 Å². The van der Waals surface area contributed by atoms with Crippen LogP contribution in [0.2, 0.25) is 0 Å². The lowest BCUT2D eigenvalue weighted by Gasteiger charge is -2.40. The minimum absolute atomic E-state index is 0.144. The summed E-state index contributed by atoms with van der Waals surface area (Å²) in [4.78, 5) is 0. The van der Waals surface area contributed by atoms with Gasteiger partial charge in [-0.15, -0.1) is 0 Å². The molecule has 2 saturated carbocycles. The van der Waals surface area contributed by atoms with Crippen LogP contribution in [-0.2, 0) is 6.42 Å². The van der Waals surface area contributed by atoms with Crippen molar-refractivity contribution in [3.8, 4) is 0 Å². The third-order valence-electron chi connectivity index (χ3n) is 5.52. The predicted molar refractivity (Wildman–Crippen MR) is 85.8 cm³/mol. The summed E-state index contributed by atoms with van der Waals surface area (Å²) in [6.07, 6.45) is 11.0. The fourth-order valence-electron chi connectivity index (χ4n) is 4.46. The van der Waals surface area contributed by atoms with Crippen LogP contribution in [0.1, 0.15) is 57.4 Å². The Morgan fingerprint density at radius 2 is 1.76 bits per heavy atom. The molecular formula is C19H28FN. The van der Waals surface area contributed by atoms with Crippen LogP contribution in [0.5, 0.6) is 0 Å². The summed E-state index contributed by atoms with van der Waals surface area (Å²) in [5, 5.41) is 3.82. The minimum Gasteiger partial charge on any atom is -0.311 e. The van der Waals surface area contributed by atoms with Crippen molar-refractivity contribution in [2.75, 3.05) is 0 Å². The predicted octanol–water partition coefficient (Wildman–Crippen LogP) is 4.71. The number of fused-ring (bicyclic) bond motifs is 1. The lowest BCUT2D eigenvalue weighted by molar-refractivity contribution is 0.139. The second-order valence-electron chi connectivity index (χ2n) is 7.21. The second kappa shape index (κ2) is 6.91. The molecule has 0 aromatic heterocycles. The van der Waals surface area contributed by atoms with E-state index in [1.54, 1.807) is 12.1 Å². The van der Waals surface area contributed by atoms with Crippen molar-refractivity contribution >= 4 is 0 Å². The first-order valence-electron chi connectivity index (χ1n) is 8.71. The summed E-state index contributed by atoms with van der Waals surface area (Å²) in [5.41, 5.74) is 1.22. The van der Waals surface area contributed by atoms with E-state index in [2.05, 4.69) is 12.2 Å². The highest BCUT2D eigenvalue weighted by Crippen LogP contribution is 2.40. The highest BCUT2D eigenvalue weighted by molar-refractivity contribution is 5.17. The number of benzene rings is 1. The standard InChI is InChI=1S/C19H28FN/c1-14(12-15-6-9-18(20)10-7-15)21-19-11-8-16-4-2-3-5-17(16)13-19/h6-7,9-10,14,16-17,19,21H,2-5,8,11-13H2,1H3. The molecule has 2 aliphatic rings. The van der Waals surface area contributed by atoms with E-state index in [1.807, 2.05) is 12.1 Å². The monoisotopic (exact) mass is 289 g/mol. The Balaban J connectivity index is 1.48. The summed E-state index contributed by atoms with van der Waals surface area (Å²) in [6, 6.07) is 8.11. The van der Waals surface area contributed by atoms with Crippen LogP contribution in [0.3, 0.4) is 0 Å². The van der Waals surface area contributed by atoms with Gasteiger partial charge in [-0.25, -0.2) is 4.39 Å². The molecule has 3 rings (SSSR count). The summed E-state index contributed by atoms with van der Waals surface area (Å²) in [6.45, 7) is 2.26. The van der Waals surface area contributed by atoms with Gasteiger partial charge in [0.25, 0.3) is 0 Å². The van der Waals surface area contributed by atoms with Crippen LogP contribution in [0.25, 0.3) is 0 Å². The highest BCUT2D eigenvalue weighted by Gasteiger charge is 2.32. The normalized spacial score (nSPS) is 30.7. The van der Waals surface area contributed by atoms with E-state index in [1.165, 1.54) is 50.5 Å². The zero-order valence-electron chi connectivity index (χ0n) is 13.2. The molecule has 1 nitrogen and oxygen atoms in total. The van der Waals surface area contributed by atoms with Gasteiger partial charge in [0.1, 0.15) is 5.82 Å². The molecular weight excluding hydrogens is 261 g/mol. The number of rotatable bonds is 4. The topological polar surface area (TPSA) is 12.0 Å². The van der Waals surface area contributed by atoms with E-state index >= 15 is 0 Å². The largest absolute Gasteiger partial charge is 0.311 e. The number of hydrogen-bond donors (Lipinski definition) is 1. The van der Waals surface area contributed by atoms with Crippen LogP contribution in [0.4, 0.5) is 4.39 Å². The summed E-state index contributed by atoms with van der Waals surface area (Å²) in [7, 11) is 0. The molecule has 0 heterocycles. The van der Waals surface area contributed by atoms with Crippen molar-refractivity contribution in [3.05, 3.63) is 35.6 Å². The zero-order chi connectivity index (χ0) is 14.7. The van der Waals surface area contributed by atoms with Crippen molar-refractivity contribution in [2.45, 2.75) is 70.4 Å². The molecule has 2 aliphatic carbocycles. The summed E-state index contributed by atoms with van der Waals surface area (Å²) >= 11 is 0. The van der Waals surface area contributed by atoms with Crippen LogP contribution in [-0.4, -0.2) is 12.1 Å². The molecule has 4 unspecified atom stereocenters. The van der Waals surface area contributed by atoms with Gasteiger partial charge < -0.3 is 5.32 Å². The SMILES string of the molecule is CC(Cc1ccc(F)cc1)NC1CCC2CCCCC2C1. The number of nitrogens with one attached hydrogen (secondary N) is 1. The van der Waals surface area contributed by atoms with Crippen molar-refractivity contribution in [2.24, 2.45) is 11.8 Å². The summed E-state index contributed by atoms with van der Waals surface area (Å²) < 4.78 is 12.9. The highest BCUT2D eigenvalue weighted by atomic mass is 19.1. The average Bonchev–Trinajstić information content (AvgIpc) is 2.49. The summed E-state index contributed by atoms with van der Waals surface area (Å²) in [5.74, 6) is 1.85. The van der Waals surface area contributed by atoms with Crippen LogP contribution < -0.4 is 5.32 Å². The van der Waals surface area contributed by atoms with E-state index in [0.717, 1.165) is 18.3 Å². The first kappa shape index (κ1) is 15.0. The quantitative estimate of drug-likeness (QED) is 0.846. The Labute approximate surface area is 128 Å². The average molecular weight is 289 g/mol. The van der Waals surface area contributed by atoms with E-state index in [0.29, 0.717) is 12.1 Å². The fraction of sp³-hybridized carbons (Fsp3) is 0.684. The first-order valence-corrected chi connectivity index (χ1v) is 8.71. The van der Waals surface area contributed by atoms with Gasteiger partial charge in [-0.05, 0) is 62.1 Å². The molecule has 0 radical (unpaired) electrons. The minimum atomic E-state index is -0.144. The Morgan fingerprint density at radius 1 is 1.05 bits per heavy atom. The Hall–Kier alpha value is -0.890. The van der Waals surface area contributed by atoms with Gasteiger partial charge in [-0.3, -0.25) is 0 Å². The van der Waals surface area contributed by atoms with Gasteiger partial charge >= 0.3 is 0 Å². The first-order chi connectivity index (χ1) is 10.2.